The van der Waals surface area contributed by atoms with Gasteiger partial charge < -0.3 is 14.6 Å². The minimum absolute atomic E-state index is 0.0111. The highest BCUT2D eigenvalue weighted by Gasteiger charge is 2.16. The first-order chi connectivity index (χ1) is 15.0. The van der Waals surface area contributed by atoms with Gasteiger partial charge in [-0.05, 0) is 54.0 Å². The fraction of sp³-hybridized carbons (Fsp3) is 0.174. The lowest BCUT2D eigenvalue weighted by molar-refractivity contribution is -0.104. The number of aliphatic hydroxyl groups is 1. The second-order valence-electron chi connectivity index (χ2n) is 6.59. The summed E-state index contributed by atoms with van der Waals surface area (Å²) in [5, 5.41) is 9.20. The molecule has 2 heterocycles. The normalized spacial score (nSPS) is 11.6. The first-order valence-corrected chi connectivity index (χ1v) is 9.33. The van der Waals surface area contributed by atoms with Crippen molar-refractivity contribution >= 4 is 11.9 Å². The Morgan fingerprint density at radius 3 is 2.65 bits per heavy atom. The summed E-state index contributed by atoms with van der Waals surface area (Å²) < 4.78 is 39.1. The van der Waals surface area contributed by atoms with E-state index in [0.29, 0.717) is 34.5 Å². The molecular formula is C23H20F2N2O4. The van der Waals surface area contributed by atoms with Crippen molar-refractivity contribution in [1.29, 1.82) is 0 Å². The SMILES string of the molecule is COc1cc(Oc2ncccc2F)ccc1/C(C)=C(\C=O)Cc1ccnc(CO)c1F. The molecule has 31 heavy (non-hydrogen) atoms. The first-order valence-electron chi connectivity index (χ1n) is 9.33. The van der Waals surface area contributed by atoms with Gasteiger partial charge in [-0.25, -0.2) is 13.8 Å². The van der Waals surface area contributed by atoms with Crippen LogP contribution < -0.4 is 9.47 Å². The number of benzene rings is 1. The molecule has 3 aromatic rings. The quantitative estimate of drug-likeness (QED) is 0.428. The number of allylic oxidation sites excluding steroid dienone is 2. The maximum atomic E-state index is 14.4. The Morgan fingerprint density at radius 1 is 1.16 bits per heavy atom. The molecule has 0 aliphatic carbocycles. The molecule has 0 bridgehead atoms. The Hall–Kier alpha value is -3.65. The van der Waals surface area contributed by atoms with E-state index in [0.717, 1.165) is 0 Å². The van der Waals surface area contributed by atoms with Crippen LogP contribution in [0.4, 0.5) is 8.78 Å². The van der Waals surface area contributed by atoms with Gasteiger partial charge in [-0.15, -0.1) is 0 Å². The minimum atomic E-state index is -0.648. The summed E-state index contributed by atoms with van der Waals surface area (Å²) in [5.41, 5.74) is 1.66. The average Bonchev–Trinajstić information content (AvgIpc) is 2.79. The molecule has 0 aliphatic heterocycles. The van der Waals surface area contributed by atoms with Crippen LogP contribution in [0.15, 0.2) is 54.4 Å². The van der Waals surface area contributed by atoms with E-state index in [1.807, 2.05) is 0 Å². The van der Waals surface area contributed by atoms with Crippen molar-refractivity contribution < 1.29 is 28.2 Å². The Balaban J connectivity index is 1.95. The highest BCUT2D eigenvalue weighted by atomic mass is 19.1. The number of halogens is 2. The molecule has 0 aliphatic rings. The molecule has 6 nitrogen and oxygen atoms in total. The first kappa shape index (κ1) is 22.0. The molecule has 0 saturated heterocycles. The molecule has 1 aromatic carbocycles. The lowest BCUT2D eigenvalue weighted by Gasteiger charge is -2.14. The second-order valence-corrected chi connectivity index (χ2v) is 6.59. The Bertz CT molecular complexity index is 1130. The van der Waals surface area contributed by atoms with Crippen molar-refractivity contribution in [3.8, 4) is 17.4 Å². The van der Waals surface area contributed by atoms with E-state index in [9.17, 15) is 18.7 Å². The van der Waals surface area contributed by atoms with Gasteiger partial charge in [0.15, 0.2) is 11.6 Å². The number of nitrogens with zero attached hydrogens (tertiary/aromatic N) is 2. The molecule has 1 N–H and O–H groups in total. The van der Waals surface area contributed by atoms with Gasteiger partial charge in [0.1, 0.15) is 23.5 Å². The summed E-state index contributed by atoms with van der Waals surface area (Å²) in [5.74, 6) is -0.744. The predicted molar refractivity (Wildman–Crippen MR) is 110 cm³/mol. The van der Waals surface area contributed by atoms with Crippen LogP contribution in [0.25, 0.3) is 5.57 Å². The fourth-order valence-electron chi connectivity index (χ4n) is 3.02. The van der Waals surface area contributed by atoms with Gasteiger partial charge in [0, 0.05) is 30.4 Å². The molecule has 160 valence electrons. The third-order valence-electron chi connectivity index (χ3n) is 4.71. The summed E-state index contributed by atoms with van der Waals surface area (Å²) in [6.07, 6.45) is 3.46. The van der Waals surface area contributed by atoms with Gasteiger partial charge in [-0.2, -0.15) is 0 Å². The number of carbonyl (C=O) groups is 1. The van der Waals surface area contributed by atoms with Crippen LogP contribution in [0.2, 0.25) is 0 Å². The van der Waals surface area contributed by atoms with Crippen LogP contribution in [0.5, 0.6) is 17.4 Å². The van der Waals surface area contributed by atoms with Gasteiger partial charge >= 0.3 is 0 Å². The van der Waals surface area contributed by atoms with E-state index in [-0.39, 0.29) is 23.6 Å². The number of aromatic nitrogens is 2. The predicted octanol–water partition coefficient (Wildman–Crippen LogP) is 4.26. The number of methoxy groups -OCH3 is 1. The van der Waals surface area contributed by atoms with Gasteiger partial charge in [0.25, 0.3) is 5.88 Å². The van der Waals surface area contributed by atoms with Crippen LogP contribution in [0.3, 0.4) is 0 Å². The minimum Gasteiger partial charge on any atom is -0.496 e. The number of hydrogen-bond acceptors (Lipinski definition) is 6. The zero-order valence-electron chi connectivity index (χ0n) is 16.9. The van der Waals surface area contributed by atoms with E-state index in [1.165, 1.54) is 37.7 Å². The van der Waals surface area contributed by atoms with Gasteiger partial charge in [0.05, 0.1) is 13.7 Å². The summed E-state index contributed by atoms with van der Waals surface area (Å²) in [6, 6.07) is 8.95. The van der Waals surface area contributed by atoms with E-state index < -0.39 is 18.2 Å². The molecule has 0 radical (unpaired) electrons. The average molecular weight is 426 g/mol. The maximum absolute atomic E-state index is 14.4. The van der Waals surface area contributed by atoms with E-state index in [4.69, 9.17) is 9.47 Å². The monoisotopic (exact) mass is 426 g/mol. The number of aldehydes is 1. The van der Waals surface area contributed by atoms with Gasteiger partial charge in [-0.1, -0.05) is 0 Å². The molecule has 0 unspecified atom stereocenters. The molecule has 8 heteroatoms. The van der Waals surface area contributed by atoms with Crippen LogP contribution in [-0.2, 0) is 17.8 Å². The third-order valence-corrected chi connectivity index (χ3v) is 4.71. The molecular weight excluding hydrogens is 406 g/mol. The van der Waals surface area contributed by atoms with Crippen LogP contribution >= 0.6 is 0 Å². The summed E-state index contributed by atoms with van der Waals surface area (Å²) in [4.78, 5) is 19.4. The Morgan fingerprint density at radius 2 is 1.97 bits per heavy atom. The van der Waals surface area contributed by atoms with E-state index >= 15 is 0 Å². The second kappa shape index (κ2) is 9.90. The maximum Gasteiger partial charge on any atom is 0.255 e. The van der Waals surface area contributed by atoms with E-state index in [1.54, 1.807) is 25.1 Å². The molecule has 0 atom stereocenters. The smallest absolute Gasteiger partial charge is 0.255 e. The van der Waals surface area contributed by atoms with Crippen LogP contribution in [0.1, 0.15) is 23.7 Å². The van der Waals surface area contributed by atoms with Crippen molar-refractivity contribution in [3.63, 3.8) is 0 Å². The Labute approximate surface area is 177 Å². The molecule has 0 amide bonds. The lowest BCUT2D eigenvalue weighted by atomic mass is 9.96. The van der Waals surface area contributed by atoms with Crippen LogP contribution in [-0.4, -0.2) is 28.5 Å². The lowest BCUT2D eigenvalue weighted by Crippen LogP contribution is -2.04. The standard InChI is InChI=1S/C23H20F2N2O4/c1-14(16(12-28)10-15-7-9-26-20(13-29)22(15)25)18-6-5-17(11-21(18)30-2)31-23-19(24)4-3-8-27-23/h3-9,11-12,29H,10,13H2,1-2H3/b16-14-. The van der Waals surface area contributed by atoms with Crippen LogP contribution in [0, 0.1) is 11.6 Å². The summed E-state index contributed by atoms with van der Waals surface area (Å²) in [6.45, 7) is 1.18. The number of rotatable bonds is 8. The number of carbonyl (C=O) groups excluding carboxylic acids is 1. The highest BCUT2D eigenvalue weighted by molar-refractivity contribution is 5.89. The van der Waals surface area contributed by atoms with Crippen molar-refractivity contribution in [2.24, 2.45) is 0 Å². The van der Waals surface area contributed by atoms with Crippen molar-refractivity contribution in [1.82, 2.24) is 9.97 Å². The topological polar surface area (TPSA) is 81.5 Å². The highest BCUT2D eigenvalue weighted by Crippen LogP contribution is 2.34. The summed E-state index contributed by atoms with van der Waals surface area (Å²) in [7, 11) is 1.45. The number of ether oxygens (including phenoxy) is 2. The van der Waals surface area contributed by atoms with Gasteiger partial charge in [0.2, 0.25) is 0 Å². The molecule has 3 rings (SSSR count). The molecule has 2 aromatic heterocycles. The number of pyridine rings is 2. The molecule has 0 saturated carbocycles. The fourth-order valence-corrected chi connectivity index (χ4v) is 3.02. The largest absolute Gasteiger partial charge is 0.496 e. The molecule has 0 spiro atoms. The zero-order valence-corrected chi connectivity index (χ0v) is 16.9. The van der Waals surface area contributed by atoms with Crippen molar-refractivity contribution in [2.75, 3.05) is 7.11 Å². The summed E-state index contributed by atoms with van der Waals surface area (Å²) >= 11 is 0. The number of hydrogen-bond donors (Lipinski definition) is 1. The third kappa shape index (κ3) is 4.92. The zero-order chi connectivity index (χ0) is 22.4. The van der Waals surface area contributed by atoms with Crippen molar-refractivity contribution in [2.45, 2.75) is 20.0 Å². The van der Waals surface area contributed by atoms with Crippen molar-refractivity contribution in [3.05, 3.63) is 82.8 Å². The van der Waals surface area contributed by atoms with Gasteiger partial charge in [-0.3, -0.25) is 9.78 Å². The molecule has 0 fully saturated rings. The number of aliphatic hydroxyl groups excluding tert-OH is 1. The van der Waals surface area contributed by atoms with E-state index in [2.05, 4.69) is 9.97 Å². The Kier molecular flexibility index (Phi) is 7.04.